The molecule has 4 rings (SSSR count). The third-order valence-corrected chi connectivity index (χ3v) is 4.19. The average molecular weight is 330 g/mol. The van der Waals surface area contributed by atoms with Gasteiger partial charge >= 0.3 is 0 Å². The Balaban J connectivity index is 1.82. The number of amides is 1. The Morgan fingerprint density at radius 2 is 1.84 bits per heavy atom. The molecule has 1 N–H and O–H groups in total. The van der Waals surface area contributed by atoms with Gasteiger partial charge in [-0.15, -0.1) is 0 Å². The Morgan fingerprint density at radius 1 is 1.04 bits per heavy atom. The SMILES string of the molecule is CCCC(=O)Nc1ccccc1-c1nc2ccc3ccccc3c2o1. The van der Waals surface area contributed by atoms with E-state index in [0.717, 1.165) is 39.5 Å². The number of oxazole rings is 1. The van der Waals surface area contributed by atoms with E-state index in [4.69, 9.17) is 4.42 Å². The van der Waals surface area contributed by atoms with Crippen LogP contribution in [-0.2, 0) is 4.79 Å². The van der Waals surface area contributed by atoms with Gasteiger partial charge in [-0.25, -0.2) is 4.98 Å². The fraction of sp³-hybridized carbons (Fsp3) is 0.143. The molecule has 0 saturated carbocycles. The highest BCUT2D eigenvalue weighted by molar-refractivity contribution is 6.04. The van der Waals surface area contributed by atoms with E-state index in [1.807, 2.05) is 61.5 Å². The van der Waals surface area contributed by atoms with Crippen molar-refractivity contribution >= 4 is 33.5 Å². The number of carbonyl (C=O) groups is 1. The van der Waals surface area contributed by atoms with E-state index < -0.39 is 0 Å². The summed E-state index contributed by atoms with van der Waals surface area (Å²) in [5.74, 6) is 0.510. The van der Waals surface area contributed by atoms with Crippen molar-refractivity contribution in [2.75, 3.05) is 5.32 Å². The molecule has 0 aliphatic rings. The van der Waals surface area contributed by atoms with Crippen LogP contribution in [0.2, 0.25) is 0 Å². The van der Waals surface area contributed by atoms with Crippen molar-refractivity contribution in [3.63, 3.8) is 0 Å². The van der Waals surface area contributed by atoms with E-state index >= 15 is 0 Å². The number of hydrogen-bond acceptors (Lipinski definition) is 3. The van der Waals surface area contributed by atoms with Gasteiger partial charge in [0, 0.05) is 11.8 Å². The van der Waals surface area contributed by atoms with Crippen LogP contribution in [0, 0.1) is 0 Å². The lowest BCUT2D eigenvalue weighted by Crippen LogP contribution is -2.11. The van der Waals surface area contributed by atoms with Crippen molar-refractivity contribution in [3.8, 4) is 11.5 Å². The molecule has 4 nitrogen and oxygen atoms in total. The van der Waals surface area contributed by atoms with Gasteiger partial charge < -0.3 is 9.73 Å². The van der Waals surface area contributed by atoms with Gasteiger partial charge in [0.15, 0.2) is 5.58 Å². The van der Waals surface area contributed by atoms with Crippen LogP contribution in [0.25, 0.3) is 33.3 Å². The van der Waals surface area contributed by atoms with Crippen molar-refractivity contribution < 1.29 is 9.21 Å². The van der Waals surface area contributed by atoms with E-state index in [9.17, 15) is 4.79 Å². The quantitative estimate of drug-likeness (QED) is 0.546. The van der Waals surface area contributed by atoms with Crippen LogP contribution in [-0.4, -0.2) is 10.9 Å². The van der Waals surface area contributed by atoms with E-state index in [1.54, 1.807) is 0 Å². The number of anilines is 1. The molecule has 124 valence electrons. The van der Waals surface area contributed by atoms with Gasteiger partial charge in [0.2, 0.25) is 11.8 Å². The molecule has 1 heterocycles. The molecule has 1 aromatic heterocycles. The maximum atomic E-state index is 12.0. The van der Waals surface area contributed by atoms with E-state index in [2.05, 4.69) is 16.4 Å². The zero-order chi connectivity index (χ0) is 17.2. The molecule has 0 aliphatic heterocycles. The second kappa shape index (κ2) is 6.40. The normalized spacial score (nSPS) is 11.1. The lowest BCUT2D eigenvalue weighted by Gasteiger charge is -2.08. The first kappa shape index (κ1) is 15.4. The van der Waals surface area contributed by atoms with Crippen molar-refractivity contribution in [1.29, 1.82) is 0 Å². The van der Waals surface area contributed by atoms with Gasteiger partial charge in [0.05, 0.1) is 11.3 Å². The molecule has 0 fully saturated rings. The molecule has 0 saturated heterocycles. The Kier molecular flexibility index (Phi) is 3.94. The highest BCUT2D eigenvalue weighted by Gasteiger charge is 2.15. The Morgan fingerprint density at radius 3 is 2.72 bits per heavy atom. The molecule has 25 heavy (non-hydrogen) atoms. The zero-order valence-corrected chi connectivity index (χ0v) is 14.0. The number of hydrogen-bond donors (Lipinski definition) is 1. The van der Waals surface area contributed by atoms with Crippen LogP contribution >= 0.6 is 0 Å². The van der Waals surface area contributed by atoms with E-state index in [1.165, 1.54) is 0 Å². The Labute approximate surface area is 145 Å². The summed E-state index contributed by atoms with van der Waals surface area (Å²) in [5.41, 5.74) is 3.08. The van der Waals surface area contributed by atoms with Crippen LogP contribution in [0.3, 0.4) is 0 Å². The molecular formula is C21H18N2O2. The van der Waals surface area contributed by atoms with Crippen molar-refractivity contribution in [1.82, 2.24) is 4.98 Å². The third-order valence-electron chi connectivity index (χ3n) is 4.19. The molecule has 1 amide bonds. The van der Waals surface area contributed by atoms with Crippen molar-refractivity contribution in [2.45, 2.75) is 19.8 Å². The predicted molar refractivity (Wildman–Crippen MR) is 100 cm³/mol. The number of aromatic nitrogens is 1. The number of benzene rings is 3. The summed E-state index contributed by atoms with van der Waals surface area (Å²) in [7, 11) is 0. The molecule has 0 unspecified atom stereocenters. The highest BCUT2D eigenvalue weighted by Crippen LogP contribution is 2.33. The zero-order valence-electron chi connectivity index (χ0n) is 14.0. The summed E-state index contributed by atoms with van der Waals surface area (Å²) in [5, 5.41) is 5.10. The first-order valence-corrected chi connectivity index (χ1v) is 8.44. The fourth-order valence-corrected chi connectivity index (χ4v) is 2.99. The van der Waals surface area contributed by atoms with Crippen LogP contribution in [0.15, 0.2) is 65.1 Å². The van der Waals surface area contributed by atoms with Crippen LogP contribution in [0.5, 0.6) is 0 Å². The predicted octanol–water partition coefficient (Wildman–Crippen LogP) is 5.39. The third kappa shape index (κ3) is 2.87. The molecular weight excluding hydrogens is 312 g/mol. The maximum Gasteiger partial charge on any atom is 0.229 e. The largest absolute Gasteiger partial charge is 0.435 e. The Hall–Kier alpha value is -3.14. The average Bonchev–Trinajstić information content (AvgIpc) is 3.07. The maximum absolute atomic E-state index is 12.0. The minimum atomic E-state index is -0.00323. The minimum absolute atomic E-state index is 0.00323. The number of para-hydroxylation sites is 1. The molecule has 0 spiro atoms. The van der Waals surface area contributed by atoms with Crippen LogP contribution < -0.4 is 5.32 Å². The van der Waals surface area contributed by atoms with E-state index in [0.29, 0.717) is 12.3 Å². The summed E-state index contributed by atoms with van der Waals surface area (Å²) >= 11 is 0. The standard InChI is InChI=1S/C21H18N2O2/c1-2-7-19(24)22-17-11-6-5-10-16(17)21-23-18-13-12-14-8-3-4-9-15(14)20(18)25-21/h3-6,8-13H,2,7H2,1H3,(H,22,24). The summed E-state index contributed by atoms with van der Waals surface area (Å²) < 4.78 is 6.09. The van der Waals surface area contributed by atoms with Gasteiger partial charge in [-0.3, -0.25) is 4.79 Å². The molecule has 0 bridgehead atoms. The molecule has 3 aromatic carbocycles. The van der Waals surface area contributed by atoms with Crippen LogP contribution in [0.4, 0.5) is 5.69 Å². The van der Waals surface area contributed by atoms with Crippen molar-refractivity contribution in [3.05, 3.63) is 60.7 Å². The number of carbonyl (C=O) groups excluding carboxylic acids is 1. The lowest BCUT2D eigenvalue weighted by molar-refractivity contribution is -0.116. The van der Waals surface area contributed by atoms with E-state index in [-0.39, 0.29) is 5.91 Å². The molecule has 0 atom stereocenters. The fourth-order valence-electron chi connectivity index (χ4n) is 2.99. The molecule has 4 aromatic rings. The minimum Gasteiger partial charge on any atom is -0.435 e. The number of nitrogens with zero attached hydrogens (tertiary/aromatic N) is 1. The summed E-state index contributed by atoms with van der Waals surface area (Å²) in [4.78, 5) is 16.6. The topological polar surface area (TPSA) is 55.1 Å². The first-order chi connectivity index (χ1) is 12.3. The lowest BCUT2D eigenvalue weighted by atomic mass is 10.1. The monoisotopic (exact) mass is 330 g/mol. The first-order valence-electron chi connectivity index (χ1n) is 8.44. The summed E-state index contributed by atoms with van der Waals surface area (Å²) in [6, 6.07) is 19.7. The highest BCUT2D eigenvalue weighted by atomic mass is 16.3. The molecule has 4 heteroatoms. The number of rotatable bonds is 4. The number of nitrogens with one attached hydrogen (secondary N) is 1. The van der Waals surface area contributed by atoms with Gasteiger partial charge in [0.1, 0.15) is 5.52 Å². The number of fused-ring (bicyclic) bond motifs is 3. The van der Waals surface area contributed by atoms with Crippen LogP contribution in [0.1, 0.15) is 19.8 Å². The smallest absolute Gasteiger partial charge is 0.229 e. The van der Waals surface area contributed by atoms with Gasteiger partial charge in [0.25, 0.3) is 0 Å². The van der Waals surface area contributed by atoms with Gasteiger partial charge in [-0.1, -0.05) is 49.4 Å². The second-order valence-corrected chi connectivity index (χ2v) is 6.00. The Bertz CT molecular complexity index is 1070. The van der Waals surface area contributed by atoms with Gasteiger partial charge in [-0.2, -0.15) is 0 Å². The summed E-state index contributed by atoms with van der Waals surface area (Å²) in [6.07, 6.45) is 1.30. The molecule has 0 aliphatic carbocycles. The molecule has 0 radical (unpaired) electrons. The van der Waals surface area contributed by atoms with Crippen molar-refractivity contribution in [2.24, 2.45) is 0 Å². The summed E-state index contributed by atoms with van der Waals surface area (Å²) in [6.45, 7) is 1.98. The van der Waals surface area contributed by atoms with Gasteiger partial charge in [-0.05, 0) is 30.0 Å². The second-order valence-electron chi connectivity index (χ2n) is 6.00.